The van der Waals surface area contributed by atoms with E-state index < -0.39 is 17.5 Å². The summed E-state index contributed by atoms with van der Waals surface area (Å²) in [5.74, 6) is -1.25. The Labute approximate surface area is 164 Å². The van der Waals surface area contributed by atoms with Gasteiger partial charge in [-0.3, -0.25) is 9.59 Å². The van der Waals surface area contributed by atoms with E-state index in [1.54, 1.807) is 0 Å². The highest BCUT2D eigenvalue weighted by molar-refractivity contribution is 6.30. The van der Waals surface area contributed by atoms with Gasteiger partial charge in [0.25, 0.3) is 0 Å². The van der Waals surface area contributed by atoms with Gasteiger partial charge in [-0.1, -0.05) is 48.7 Å². The lowest BCUT2D eigenvalue weighted by atomic mass is 9.81. The molecule has 2 aromatic rings. The van der Waals surface area contributed by atoms with Gasteiger partial charge >= 0.3 is 5.97 Å². The Bertz CT molecular complexity index is 877. The number of hydrogen-bond donors (Lipinski definition) is 0. The van der Waals surface area contributed by atoms with Crippen LogP contribution in [-0.4, -0.2) is 17.4 Å². The third-order valence-electron chi connectivity index (χ3n) is 5.92. The standard InChI is InChI=1S/C23H23ClO3/c1-15-6-7-17(16-8-10-18(24)11-9-16)14-19(15)20-21(25)23(27-22(20)26)12-4-2-3-5-13-23/h6-11,14,20H,2-5,12-13H2,1H3. The molecule has 2 aromatic carbocycles. The van der Waals surface area contributed by atoms with E-state index in [0.717, 1.165) is 47.9 Å². The van der Waals surface area contributed by atoms with Crippen LogP contribution >= 0.6 is 11.6 Å². The van der Waals surface area contributed by atoms with Crippen molar-refractivity contribution in [2.24, 2.45) is 0 Å². The lowest BCUT2D eigenvalue weighted by Gasteiger charge is -2.24. The first-order valence-electron chi connectivity index (χ1n) is 9.64. The van der Waals surface area contributed by atoms with Crippen molar-refractivity contribution in [3.05, 3.63) is 58.6 Å². The van der Waals surface area contributed by atoms with Crippen LogP contribution in [0, 0.1) is 6.92 Å². The number of carbonyl (C=O) groups excluding carboxylic acids is 2. The smallest absolute Gasteiger partial charge is 0.322 e. The van der Waals surface area contributed by atoms with Crippen molar-refractivity contribution in [3.63, 3.8) is 0 Å². The first-order chi connectivity index (χ1) is 13.0. The Morgan fingerprint density at radius 3 is 2.22 bits per heavy atom. The van der Waals surface area contributed by atoms with Crippen molar-refractivity contribution in [3.8, 4) is 11.1 Å². The molecule has 0 radical (unpaired) electrons. The minimum atomic E-state index is -0.902. The molecule has 0 aromatic heterocycles. The number of ketones is 1. The summed E-state index contributed by atoms with van der Waals surface area (Å²) in [5.41, 5.74) is 2.77. The fraction of sp³-hybridized carbons (Fsp3) is 0.391. The molecule has 1 atom stereocenters. The fourth-order valence-corrected chi connectivity index (χ4v) is 4.49. The lowest BCUT2D eigenvalue weighted by molar-refractivity contribution is -0.153. The first-order valence-corrected chi connectivity index (χ1v) is 10.0. The van der Waals surface area contributed by atoms with Crippen LogP contribution in [0.5, 0.6) is 0 Å². The predicted octanol–water partition coefficient (Wildman–Crippen LogP) is 5.62. The summed E-state index contributed by atoms with van der Waals surface area (Å²) in [5, 5.41) is 0.677. The molecule has 140 valence electrons. The van der Waals surface area contributed by atoms with Gasteiger partial charge in [-0.15, -0.1) is 0 Å². The van der Waals surface area contributed by atoms with Crippen molar-refractivity contribution in [1.82, 2.24) is 0 Å². The Balaban J connectivity index is 1.72. The van der Waals surface area contributed by atoms with Gasteiger partial charge in [-0.05, 0) is 73.1 Å². The molecule has 1 unspecified atom stereocenters. The Kier molecular flexibility index (Phi) is 4.81. The summed E-state index contributed by atoms with van der Waals surface area (Å²) in [4.78, 5) is 26.1. The minimum absolute atomic E-state index is 0.0502. The highest BCUT2D eigenvalue weighted by atomic mass is 35.5. The molecule has 1 spiro atoms. The number of rotatable bonds is 2. The quantitative estimate of drug-likeness (QED) is 0.500. The maximum absolute atomic E-state index is 13.3. The van der Waals surface area contributed by atoms with Gasteiger partial charge in [-0.25, -0.2) is 0 Å². The number of aryl methyl sites for hydroxylation is 1. The Morgan fingerprint density at radius 1 is 0.926 bits per heavy atom. The second-order valence-electron chi connectivity index (χ2n) is 7.71. The Hall–Kier alpha value is -2.13. The predicted molar refractivity (Wildman–Crippen MR) is 106 cm³/mol. The number of ether oxygens (including phenoxy) is 1. The van der Waals surface area contributed by atoms with E-state index >= 15 is 0 Å². The van der Waals surface area contributed by atoms with Gasteiger partial charge in [0.1, 0.15) is 5.92 Å². The molecule has 0 bridgehead atoms. The molecule has 4 heteroatoms. The maximum atomic E-state index is 13.3. The van der Waals surface area contributed by atoms with Crippen LogP contribution in [0.25, 0.3) is 11.1 Å². The van der Waals surface area contributed by atoms with E-state index in [0.29, 0.717) is 17.9 Å². The summed E-state index contributed by atoms with van der Waals surface area (Å²) in [6.07, 6.45) is 5.39. The third kappa shape index (κ3) is 3.29. The number of halogens is 1. The number of carbonyl (C=O) groups is 2. The molecule has 1 aliphatic heterocycles. The SMILES string of the molecule is Cc1ccc(-c2ccc(Cl)cc2)cc1C1C(=O)OC2(CCCCCC2)C1=O. The molecule has 3 nitrogen and oxygen atoms in total. The molecule has 2 aliphatic rings. The molecule has 1 heterocycles. The van der Waals surface area contributed by atoms with Crippen molar-refractivity contribution < 1.29 is 14.3 Å². The van der Waals surface area contributed by atoms with Crippen LogP contribution < -0.4 is 0 Å². The van der Waals surface area contributed by atoms with Crippen LogP contribution in [0.3, 0.4) is 0 Å². The molecule has 1 aliphatic carbocycles. The van der Waals surface area contributed by atoms with Crippen molar-refractivity contribution >= 4 is 23.4 Å². The molecule has 0 amide bonds. The molecular formula is C23H23ClO3. The maximum Gasteiger partial charge on any atom is 0.322 e. The summed E-state index contributed by atoms with van der Waals surface area (Å²) < 4.78 is 5.76. The minimum Gasteiger partial charge on any atom is -0.450 e. The zero-order chi connectivity index (χ0) is 19.0. The highest BCUT2D eigenvalue weighted by Gasteiger charge is 2.55. The van der Waals surface area contributed by atoms with Crippen LogP contribution in [0.15, 0.2) is 42.5 Å². The van der Waals surface area contributed by atoms with Gasteiger partial charge in [0, 0.05) is 5.02 Å². The van der Waals surface area contributed by atoms with Crippen molar-refractivity contribution in [1.29, 1.82) is 0 Å². The zero-order valence-corrected chi connectivity index (χ0v) is 16.2. The van der Waals surface area contributed by atoms with E-state index in [1.165, 1.54) is 0 Å². The van der Waals surface area contributed by atoms with Gasteiger partial charge in [0.05, 0.1) is 0 Å². The van der Waals surface area contributed by atoms with Crippen molar-refractivity contribution in [2.45, 2.75) is 57.0 Å². The van der Waals surface area contributed by atoms with E-state index in [9.17, 15) is 9.59 Å². The average molecular weight is 383 g/mol. The topological polar surface area (TPSA) is 43.4 Å². The normalized spacial score (nSPS) is 21.9. The number of benzene rings is 2. The number of Topliss-reactive ketones (excluding diaryl/α,β-unsaturated/α-hetero) is 1. The lowest BCUT2D eigenvalue weighted by Crippen LogP contribution is -2.36. The number of esters is 1. The molecular weight excluding hydrogens is 360 g/mol. The van der Waals surface area contributed by atoms with E-state index in [2.05, 4.69) is 0 Å². The van der Waals surface area contributed by atoms with Gasteiger partial charge in [0.15, 0.2) is 11.4 Å². The van der Waals surface area contributed by atoms with E-state index in [-0.39, 0.29) is 5.78 Å². The van der Waals surface area contributed by atoms with Crippen LogP contribution in [-0.2, 0) is 14.3 Å². The molecule has 4 rings (SSSR count). The molecule has 2 fully saturated rings. The summed E-state index contributed by atoms with van der Waals surface area (Å²) in [6.45, 7) is 1.94. The Morgan fingerprint density at radius 2 is 1.56 bits per heavy atom. The zero-order valence-electron chi connectivity index (χ0n) is 15.5. The third-order valence-corrected chi connectivity index (χ3v) is 6.17. The fourth-order valence-electron chi connectivity index (χ4n) is 4.36. The molecule has 0 N–H and O–H groups in total. The summed E-state index contributed by atoms with van der Waals surface area (Å²) in [7, 11) is 0. The van der Waals surface area contributed by atoms with E-state index in [1.807, 2.05) is 49.4 Å². The van der Waals surface area contributed by atoms with Gasteiger partial charge in [0.2, 0.25) is 0 Å². The highest BCUT2D eigenvalue weighted by Crippen LogP contribution is 2.43. The monoisotopic (exact) mass is 382 g/mol. The summed E-state index contributed by atoms with van der Waals surface area (Å²) >= 11 is 5.99. The van der Waals surface area contributed by atoms with Gasteiger partial charge in [-0.2, -0.15) is 0 Å². The van der Waals surface area contributed by atoms with Gasteiger partial charge < -0.3 is 4.74 Å². The molecule has 1 saturated heterocycles. The van der Waals surface area contributed by atoms with Crippen molar-refractivity contribution in [2.75, 3.05) is 0 Å². The second kappa shape index (κ2) is 7.12. The largest absolute Gasteiger partial charge is 0.450 e. The molecule has 27 heavy (non-hydrogen) atoms. The van der Waals surface area contributed by atoms with Crippen LogP contribution in [0.2, 0.25) is 5.02 Å². The summed E-state index contributed by atoms with van der Waals surface area (Å²) in [6, 6.07) is 13.5. The first kappa shape index (κ1) is 18.2. The van der Waals surface area contributed by atoms with Crippen LogP contribution in [0.4, 0.5) is 0 Å². The van der Waals surface area contributed by atoms with Crippen LogP contribution in [0.1, 0.15) is 55.6 Å². The second-order valence-corrected chi connectivity index (χ2v) is 8.14. The van der Waals surface area contributed by atoms with E-state index in [4.69, 9.17) is 16.3 Å². The average Bonchev–Trinajstić information content (AvgIpc) is 2.81. The number of hydrogen-bond acceptors (Lipinski definition) is 3. The molecule has 1 saturated carbocycles.